The van der Waals surface area contributed by atoms with E-state index < -0.39 is 17.1 Å². The number of anilines is 1. The van der Waals surface area contributed by atoms with E-state index in [2.05, 4.69) is 21.2 Å². The molecule has 1 aliphatic heterocycles. The van der Waals surface area contributed by atoms with Gasteiger partial charge in [-0.05, 0) is 82.5 Å². The molecule has 2 aromatic rings. The van der Waals surface area contributed by atoms with Crippen LogP contribution in [-0.4, -0.2) is 35.1 Å². The molecule has 6 nitrogen and oxygen atoms in total. The van der Waals surface area contributed by atoms with Gasteiger partial charge in [0.2, 0.25) is 5.91 Å². The molecular weight excluding hydrogens is 468 g/mol. The fraction of sp³-hybridized carbons (Fsp3) is 0.227. The third-order valence-corrected chi connectivity index (χ3v) is 5.72. The number of hydrogen-bond acceptors (Lipinski definition) is 5. The largest absolute Gasteiger partial charge is 0.492 e. The minimum absolute atomic E-state index is 0.275. The first-order chi connectivity index (χ1) is 14.4. The molecule has 0 atom stereocenters. The maximum Gasteiger partial charge on any atom is 0.294 e. The first kappa shape index (κ1) is 22.1. The van der Waals surface area contributed by atoms with Crippen LogP contribution in [0.25, 0.3) is 6.08 Å². The zero-order chi connectivity index (χ0) is 21.7. The fourth-order valence-corrected chi connectivity index (χ4v) is 4.14. The SMILES string of the molecule is CCCOc1ccc(/C=C2\SC(=O)N(CC(=O)Nc3cccc(C)c3)C2=O)cc1Br. The Hall–Kier alpha value is -2.58. The van der Waals surface area contributed by atoms with E-state index in [0.29, 0.717) is 12.3 Å². The quantitative estimate of drug-likeness (QED) is 0.540. The number of halogens is 1. The van der Waals surface area contributed by atoms with Crippen molar-refractivity contribution in [2.75, 3.05) is 18.5 Å². The number of aryl methyl sites for hydroxylation is 1. The third kappa shape index (κ3) is 5.52. The minimum Gasteiger partial charge on any atom is -0.492 e. The van der Waals surface area contributed by atoms with Crippen molar-refractivity contribution in [3.05, 3.63) is 63.0 Å². The van der Waals surface area contributed by atoms with Crippen LogP contribution in [0.2, 0.25) is 0 Å². The fourth-order valence-electron chi connectivity index (χ4n) is 2.79. The predicted octanol–water partition coefficient (Wildman–Crippen LogP) is 5.22. The molecule has 1 aliphatic rings. The lowest BCUT2D eigenvalue weighted by Gasteiger charge is -2.12. The van der Waals surface area contributed by atoms with Gasteiger partial charge < -0.3 is 10.1 Å². The van der Waals surface area contributed by atoms with Crippen LogP contribution in [0.15, 0.2) is 51.8 Å². The second-order valence-corrected chi connectivity index (χ2v) is 8.57. The zero-order valence-corrected chi connectivity index (χ0v) is 19.0. The van der Waals surface area contributed by atoms with Crippen molar-refractivity contribution < 1.29 is 19.1 Å². The first-order valence-corrected chi connectivity index (χ1v) is 11.0. The number of carbonyl (C=O) groups is 3. The van der Waals surface area contributed by atoms with Crippen molar-refractivity contribution in [2.24, 2.45) is 0 Å². The number of rotatable bonds is 7. The minimum atomic E-state index is -0.480. The highest BCUT2D eigenvalue weighted by Gasteiger charge is 2.36. The highest BCUT2D eigenvalue weighted by molar-refractivity contribution is 9.10. The summed E-state index contributed by atoms with van der Waals surface area (Å²) in [4.78, 5) is 38.5. The smallest absolute Gasteiger partial charge is 0.294 e. The Labute approximate surface area is 187 Å². The Kier molecular flexibility index (Phi) is 7.33. The highest BCUT2D eigenvalue weighted by atomic mass is 79.9. The Morgan fingerprint density at radius 2 is 2.03 bits per heavy atom. The van der Waals surface area contributed by atoms with Gasteiger partial charge in [-0.1, -0.05) is 25.1 Å². The number of nitrogens with zero attached hydrogens (tertiary/aromatic N) is 1. The second-order valence-electron chi connectivity index (χ2n) is 6.72. The maximum atomic E-state index is 12.7. The van der Waals surface area contributed by atoms with Crippen LogP contribution < -0.4 is 10.1 Å². The molecule has 0 radical (unpaired) electrons. The molecule has 8 heteroatoms. The number of benzene rings is 2. The summed E-state index contributed by atoms with van der Waals surface area (Å²) in [5.74, 6) is -0.189. The van der Waals surface area contributed by atoms with E-state index in [0.717, 1.165) is 44.4 Å². The molecule has 1 saturated heterocycles. The lowest BCUT2D eigenvalue weighted by atomic mass is 10.2. The maximum absolute atomic E-state index is 12.7. The number of imide groups is 1. The van der Waals surface area contributed by atoms with Crippen LogP contribution in [0.1, 0.15) is 24.5 Å². The molecule has 0 aliphatic carbocycles. The molecule has 0 saturated carbocycles. The van der Waals surface area contributed by atoms with E-state index in [1.54, 1.807) is 12.1 Å². The van der Waals surface area contributed by atoms with E-state index in [1.807, 2.05) is 50.2 Å². The number of ether oxygens (including phenoxy) is 1. The summed E-state index contributed by atoms with van der Waals surface area (Å²) in [5, 5.41) is 2.25. The van der Waals surface area contributed by atoms with Gasteiger partial charge in [-0.3, -0.25) is 19.3 Å². The van der Waals surface area contributed by atoms with E-state index in [9.17, 15) is 14.4 Å². The molecule has 0 unspecified atom stereocenters. The molecule has 3 rings (SSSR count). The Morgan fingerprint density at radius 3 is 2.73 bits per heavy atom. The number of thioether (sulfide) groups is 1. The Morgan fingerprint density at radius 1 is 1.23 bits per heavy atom. The molecule has 0 spiro atoms. The van der Waals surface area contributed by atoms with E-state index in [4.69, 9.17) is 4.74 Å². The predicted molar refractivity (Wildman–Crippen MR) is 122 cm³/mol. The van der Waals surface area contributed by atoms with Crippen molar-refractivity contribution in [3.8, 4) is 5.75 Å². The van der Waals surface area contributed by atoms with Crippen LogP contribution >= 0.6 is 27.7 Å². The van der Waals surface area contributed by atoms with Crippen molar-refractivity contribution in [1.29, 1.82) is 0 Å². The normalized spacial score (nSPS) is 15.0. The van der Waals surface area contributed by atoms with Gasteiger partial charge in [0.05, 0.1) is 16.0 Å². The summed E-state index contributed by atoms with van der Waals surface area (Å²) < 4.78 is 6.38. The number of nitrogens with one attached hydrogen (secondary N) is 1. The van der Waals surface area contributed by atoms with Gasteiger partial charge >= 0.3 is 0 Å². The monoisotopic (exact) mass is 488 g/mol. The van der Waals surface area contributed by atoms with Crippen LogP contribution in [0.4, 0.5) is 10.5 Å². The second kappa shape index (κ2) is 9.95. The van der Waals surface area contributed by atoms with Gasteiger partial charge in [0.15, 0.2) is 0 Å². The van der Waals surface area contributed by atoms with E-state index >= 15 is 0 Å². The third-order valence-electron chi connectivity index (χ3n) is 4.19. The average molecular weight is 489 g/mol. The molecule has 1 N–H and O–H groups in total. The van der Waals surface area contributed by atoms with Gasteiger partial charge in [0.25, 0.3) is 11.1 Å². The summed E-state index contributed by atoms with van der Waals surface area (Å²) in [7, 11) is 0. The summed E-state index contributed by atoms with van der Waals surface area (Å²) in [6, 6.07) is 12.8. The topological polar surface area (TPSA) is 75.7 Å². The molecule has 156 valence electrons. The summed E-state index contributed by atoms with van der Waals surface area (Å²) in [6.45, 7) is 4.22. The molecule has 1 fully saturated rings. The van der Waals surface area contributed by atoms with E-state index in [-0.39, 0.29) is 11.4 Å². The lowest BCUT2D eigenvalue weighted by molar-refractivity contribution is -0.127. The van der Waals surface area contributed by atoms with E-state index in [1.165, 1.54) is 0 Å². The van der Waals surface area contributed by atoms with Crippen molar-refractivity contribution in [2.45, 2.75) is 20.3 Å². The molecule has 30 heavy (non-hydrogen) atoms. The molecule has 3 amide bonds. The van der Waals surface area contributed by atoms with Crippen LogP contribution in [0, 0.1) is 6.92 Å². The highest BCUT2D eigenvalue weighted by Crippen LogP contribution is 2.33. The van der Waals surface area contributed by atoms with Crippen molar-refractivity contribution in [3.63, 3.8) is 0 Å². The average Bonchev–Trinajstić information content (AvgIpc) is 2.95. The van der Waals surface area contributed by atoms with Crippen molar-refractivity contribution >= 4 is 56.5 Å². The van der Waals surface area contributed by atoms with Crippen LogP contribution in [0.5, 0.6) is 5.75 Å². The number of carbonyl (C=O) groups excluding carboxylic acids is 3. The summed E-state index contributed by atoms with van der Waals surface area (Å²) in [5.41, 5.74) is 2.37. The standard InChI is InChI=1S/C22H21BrN2O4S/c1-3-9-29-18-8-7-15(11-17(18)23)12-19-21(27)25(22(28)30-19)13-20(26)24-16-6-4-5-14(2)10-16/h4-8,10-12H,3,9,13H2,1-2H3,(H,24,26)/b19-12-. The lowest BCUT2D eigenvalue weighted by Crippen LogP contribution is -2.36. The zero-order valence-electron chi connectivity index (χ0n) is 16.6. The van der Waals surface area contributed by atoms with Crippen LogP contribution in [-0.2, 0) is 9.59 Å². The van der Waals surface area contributed by atoms with Gasteiger partial charge in [-0.15, -0.1) is 0 Å². The molecule has 1 heterocycles. The number of hydrogen-bond donors (Lipinski definition) is 1. The Bertz CT molecular complexity index is 1020. The van der Waals surface area contributed by atoms with Gasteiger partial charge in [0, 0.05) is 5.69 Å². The Balaban J connectivity index is 1.68. The summed E-state index contributed by atoms with van der Waals surface area (Å²) >= 11 is 4.28. The molecule has 0 bridgehead atoms. The van der Waals surface area contributed by atoms with Gasteiger partial charge in [-0.2, -0.15) is 0 Å². The molecule has 0 aromatic heterocycles. The van der Waals surface area contributed by atoms with Crippen LogP contribution in [0.3, 0.4) is 0 Å². The van der Waals surface area contributed by atoms with Gasteiger partial charge in [0.1, 0.15) is 12.3 Å². The molecular formula is C22H21BrN2O4S. The summed E-state index contributed by atoms with van der Waals surface area (Å²) in [6.07, 6.45) is 2.54. The first-order valence-electron chi connectivity index (χ1n) is 9.41. The number of amides is 3. The van der Waals surface area contributed by atoms with Gasteiger partial charge in [-0.25, -0.2) is 0 Å². The molecule has 2 aromatic carbocycles. The van der Waals surface area contributed by atoms with Crippen molar-refractivity contribution in [1.82, 2.24) is 4.90 Å².